The minimum atomic E-state index is -4.80. The number of anilines is 1. The van der Waals surface area contributed by atoms with Gasteiger partial charge in [0.2, 0.25) is 5.82 Å². The third-order valence-electron chi connectivity index (χ3n) is 6.98. The van der Waals surface area contributed by atoms with Crippen molar-refractivity contribution in [3.05, 3.63) is 65.9 Å². The second-order valence-electron chi connectivity index (χ2n) is 9.59. The lowest BCUT2D eigenvalue weighted by Gasteiger charge is -2.32. The van der Waals surface area contributed by atoms with Crippen LogP contribution in [0.3, 0.4) is 0 Å². The molecule has 1 saturated carbocycles. The molecule has 0 bridgehead atoms. The number of hydrogen-bond acceptors (Lipinski definition) is 7. The Labute approximate surface area is 216 Å². The van der Waals surface area contributed by atoms with Crippen molar-refractivity contribution in [2.75, 3.05) is 18.0 Å². The molecule has 8 nitrogen and oxygen atoms in total. The number of para-hydroxylation sites is 1. The van der Waals surface area contributed by atoms with Crippen molar-refractivity contribution >= 4 is 11.8 Å². The Morgan fingerprint density at radius 2 is 1.76 bits per heavy atom. The summed E-state index contributed by atoms with van der Waals surface area (Å²) >= 11 is 0. The maximum atomic E-state index is 13.0. The van der Waals surface area contributed by atoms with Crippen LogP contribution in [0.5, 0.6) is 5.75 Å². The lowest BCUT2D eigenvalue weighted by atomic mass is 9.94. The molecule has 6 rings (SSSR count). The first-order chi connectivity index (χ1) is 18.4. The Hall–Kier alpha value is -4.15. The number of ether oxygens (including phenoxy) is 1. The summed E-state index contributed by atoms with van der Waals surface area (Å²) in [5.41, 5.74) is 3.42. The Morgan fingerprint density at radius 1 is 1.00 bits per heavy atom. The van der Waals surface area contributed by atoms with Gasteiger partial charge in [0, 0.05) is 41.4 Å². The molecular weight excluding hydrogens is 497 g/mol. The fourth-order valence-electron chi connectivity index (χ4n) is 4.87. The van der Waals surface area contributed by atoms with E-state index in [1.54, 1.807) is 12.1 Å². The molecule has 4 aromatic rings. The number of hydrogen-bond donors (Lipinski definition) is 1. The van der Waals surface area contributed by atoms with Gasteiger partial charge in [0.05, 0.1) is 0 Å². The first-order valence-corrected chi connectivity index (χ1v) is 12.6. The van der Waals surface area contributed by atoms with E-state index in [9.17, 15) is 13.2 Å². The summed E-state index contributed by atoms with van der Waals surface area (Å²) in [7, 11) is 0. The average molecular weight is 523 g/mol. The van der Waals surface area contributed by atoms with E-state index in [0.717, 1.165) is 61.3 Å². The maximum Gasteiger partial charge on any atom is 0.573 e. The number of aromatic nitrogens is 5. The van der Waals surface area contributed by atoms with Gasteiger partial charge in [-0.05, 0) is 73.2 Å². The Balaban J connectivity index is 1.17. The molecule has 1 N–H and O–H groups in total. The molecule has 0 radical (unpaired) electrons. The molecule has 11 heteroatoms. The van der Waals surface area contributed by atoms with Crippen molar-refractivity contribution < 1.29 is 22.4 Å². The topological polar surface area (TPSA) is 93.0 Å². The Kier molecular flexibility index (Phi) is 6.34. The summed E-state index contributed by atoms with van der Waals surface area (Å²) < 4.78 is 49.0. The van der Waals surface area contributed by atoms with Crippen LogP contribution in [0.2, 0.25) is 0 Å². The number of benzene rings is 2. The fraction of sp³-hybridized carbons (Fsp3) is 0.333. The minimum Gasteiger partial charge on any atom is -0.405 e. The minimum absolute atomic E-state index is 0.254. The Morgan fingerprint density at radius 3 is 2.45 bits per heavy atom. The van der Waals surface area contributed by atoms with Gasteiger partial charge in [-0.3, -0.25) is 0 Å². The summed E-state index contributed by atoms with van der Waals surface area (Å²) in [6.07, 6.45) is 3.21. The van der Waals surface area contributed by atoms with Gasteiger partial charge < -0.3 is 14.2 Å². The van der Waals surface area contributed by atoms with E-state index in [2.05, 4.69) is 53.6 Å². The monoisotopic (exact) mass is 522 g/mol. The van der Waals surface area contributed by atoms with Crippen LogP contribution in [0, 0.1) is 5.92 Å². The van der Waals surface area contributed by atoms with Gasteiger partial charge in [0.15, 0.2) is 0 Å². The van der Waals surface area contributed by atoms with Gasteiger partial charge in [-0.15, -0.1) is 23.4 Å². The van der Waals surface area contributed by atoms with Gasteiger partial charge in [0.25, 0.3) is 0 Å². The lowest BCUT2D eigenvalue weighted by Crippen LogP contribution is -2.32. The standard InChI is InChI=1S/C27H25F3N6O2/c28-27(29,30)37-23-4-2-1-3-21(23)24-22(25(38-33-24)18-6-7-18)12-5-17-13-15-36(16-14-17)20-10-8-19(9-11-20)26-31-34-35-32-26/h1-5,8-12,17-18H,6-7,13-16H2,(H,31,32,34,35)/b12-5+. The van der Waals surface area contributed by atoms with E-state index in [4.69, 9.17) is 4.52 Å². The summed E-state index contributed by atoms with van der Waals surface area (Å²) in [4.78, 5) is 2.34. The highest BCUT2D eigenvalue weighted by molar-refractivity contribution is 5.77. The maximum absolute atomic E-state index is 13.0. The number of rotatable bonds is 7. The van der Waals surface area contributed by atoms with Crippen LogP contribution < -0.4 is 9.64 Å². The van der Waals surface area contributed by atoms with E-state index in [-0.39, 0.29) is 17.2 Å². The van der Waals surface area contributed by atoms with E-state index >= 15 is 0 Å². The third kappa shape index (κ3) is 5.27. The first-order valence-electron chi connectivity index (χ1n) is 12.6. The smallest absolute Gasteiger partial charge is 0.405 e. The first kappa shape index (κ1) is 24.2. The second kappa shape index (κ2) is 9.96. The summed E-state index contributed by atoms with van der Waals surface area (Å²) in [5, 5.41) is 18.3. The molecule has 1 aliphatic heterocycles. The molecule has 2 aliphatic rings. The van der Waals surface area contributed by atoms with Crippen molar-refractivity contribution in [2.45, 2.75) is 38.0 Å². The van der Waals surface area contributed by atoms with E-state index < -0.39 is 6.36 Å². The third-order valence-corrected chi connectivity index (χ3v) is 6.98. The van der Waals surface area contributed by atoms with Crippen LogP contribution in [-0.4, -0.2) is 45.2 Å². The van der Waals surface area contributed by atoms with Crippen LogP contribution in [0.4, 0.5) is 18.9 Å². The molecular formula is C27H25F3N6O2. The Bertz CT molecular complexity index is 1400. The van der Waals surface area contributed by atoms with Crippen molar-refractivity contribution in [1.29, 1.82) is 0 Å². The molecule has 196 valence electrons. The van der Waals surface area contributed by atoms with Crippen molar-refractivity contribution in [3.63, 3.8) is 0 Å². The van der Waals surface area contributed by atoms with Gasteiger partial charge in [-0.2, -0.15) is 5.21 Å². The summed E-state index contributed by atoms with van der Waals surface area (Å²) in [6, 6.07) is 14.2. The summed E-state index contributed by atoms with van der Waals surface area (Å²) in [5.74, 6) is 1.60. The number of nitrogens with one attached hydrogen (secondary N) is 1. The average Bonchev–Trinajstić information content (AvgIpc) is 3.43. The van der Waals surface area contributed by atoms with E-state index in [0.29, 0.717) is 17.4 Å². The van der Waals surface area contributed by atoms with Gasteiger partial charge in [0.1, 0.15) is 17.2 Å². The number of halogens is 3. The largest absolute Gasteiger partial charge is 0.573 e. The lowest BCUT2D eigenvalue weighted by molar-refractivity contribution is -0.274. The zero-order valence-corrected chi connectivity index (χ0v) is 20.4. The second-order valence-corrected chi connectivity index (χ2v) is 9.59. The van der Waals surface area contributed by atoms with Crippen LogP contribution in [-0.2, 0) is 0 Å². The highest BCUT2D eigenvalue weighted by Crippen LogP contribution is 2.46. The van der Waals surface area contributed by atoms with Gasteiger partial charge in [-0.1, -0.05) is 29.4 Å². The van der Waals surface area contributed by atoms with Crippen LogP contribution in [0.15, 0.2) is 59.1 Å². The predicted octanol–water partition coefficient (Wildman–Crippen LogP) is 6.23. The number of nitrogens with zero attached hydrogens (tertiary/aromatic N) is 5. The van der Waals surface area contributed by atoms with Crippen LogP contribution >= 0.6 is 0 Å². The highest BCUT2D eigenvalue weighted by Gasteiger charge is 2.35. The zero-order valence-electron chi connectivity index (χ0n) is 20.4. The van der Waals surface area contributed by atoms with E-state index in [1.807, 2.05) is 18.2 Å². The highest BCUT2D eigenvalue weighted by atomic mass is 19.4. The molecule has 0 spiro atoms. The number of aromatic amines is 1. The van der Waals surface area contributed by atoms with Crippen molar-refractivity contribution in [1.82, 2.24) is 25.8 Å². The molecule has 1 saturated heterocycles. The normalized spacial score (nSPS) is 16.9. The molecule has 0 atom stereocenters. The van der Waals surface area contributed by atoms with Crippen LogP contribution in [0.1, 0.15) is 42.9 Å². The van der Waals surface area contributed by atoms with Crippen molar-refractivity contribution in [2.24, 2.45) is 5.92 Å². The van der Waals surface area contributed by atoms with Crippen LogP contribution in [0.25, 0.3) is 28.7 Å². The SMILES string of the molecule is FC(F)(F)Oc1ccccc1-c1noc(C2CC2)c1/C=C/C1CCN(c2ccc(-c3nn[nH]n3)cc2)CC1. The van der Waals surface area contributed by atoms with Crippen molar-refractivity contribution in [3.8, 4) is 28.4 Å². The van der Waals surface area contributed by atoms with E-state index in [1.165, 1.54) is 12.1 Å². The molecule has 2 aromatic carbocycles. The molecule has 2 fully saturated rings. The fourth-order valence-corrected chi connectivity index (χ4v) is 4.87. The zero-order chi connectivity index (χ0) is 26.1. The number of alkyl halides is 3. The predicted molar refractivity (Wildman–Crippen MR) is 134 cm³/mol. The van der Waals surface area contributed by atoms with Gasteiger partial charge >= 0.3 is 6.36 Å². The number of allylic oxidation sites excluding steroid dienone is 1. The van der Waals surface area contributed by atoms with Gasteiger partial charge in [-0.25, -0.2) is 0 Å². The molecule has 1 aliphatic carbocycles. The summed E-state index contributed by atoms with van der Waals surface area (Å²) in [6.45, 7) is 1.79. The molecule has 0 amide bonds. The molecule has 0 unspecified atom stereocenters. The number of tetrazole rings is 1. The number of piperidine rings is 1. The quantitative estimate of drug-likeness (QED) is 0.308. The molecule has 38 heavy (non-hydrogen) atoms. The molecule has 2 aromatic heterocycles. The molecule has 3 heterocycles. The number of H-pyrrole nitrogens is 1.